The largest absolute Gasteiger partial charge is 0.494 e. The van der Waals surface area contributed by atoms with Gasteiger partial charge in [-0.15, -0.1) is 0 Å². The van der Waals surface area contributed by atoms with Gasteiger partial charge in [0.25, 0.3) is 0 Å². The Morgan fingerprint density at radius 2 is 1.51 bits per heavy atom. The summed E-state index contributed by atoms with van der Waals surface area (Å²) in [6.07, 6.45) is 1.06. The number of anilines is 2. The Bertz CT molecular complexity index is 1610. The number of ether oxygens (including phenoxy) is 4. The number of hydrogen-bond acceptors (Lipinski definition) is 9. The van der Waals surface area contributed by atoms with E-state index in [9.17, 15) is 18.4 Å². The lowest BCUT2D eigenvalue weighted by molar-refractivity contribution is -0.185. The molecule has 0 bridgehead atoms. The number of rotatable bonds is 14. The van der Waals surface area contributed by atoms with Crippen LogP contribution in [0.1, 0.15) is 48.2 Å². The number of nitrogen functional groups attached to an aromatic ring is 2. The molecule has 3 aromatic rings. The van der Waals surface area contributed by atoms with E-state index in [2.05, 4.69) is 33.5 Å². The van der Waals surface area contributed by atoms with Crippen molar-refractivity contribution >= 4 is 44.8 Å². The lowest BCUT2D eigenvalue weighted by Gasteiger charge is -2.51. The smallest absolute Gasteiger partial charge is 0.426 e. The molecule has 13 heteroatoms. The maximum atomic E-state index is 15.0. The van der Waals surface area contributed by atoms with Crippen molar-refractivity contribution in [1.82, 2.24) is 0 Å². The highest BCUT2D eigenvalue weighted by atomic mass is 29.3. The third-order valence-corrected chi connectivity index (χ3v) is 26.2. The minimum Gasteiger partial charge on any atom is -0.494 e. The van der Waals surface area contributed by atoms with Gasteiger partial charge in [-0.3, -0.25) is 0 Å². The van der Waals surface area contributed by atoms with Crippen LogP contribution in [0, 0.1) is 0 Å². The van der Waals surface area contributed by atoms with Gasteiger partial charge in [-0.05, 0) is 106 Å². The molecule has 4 rings (SSSR count). The zero-order chi connectivity index (χ0) is 35.9. The molecule has 0 spiro atoms. The first-order valence-electron chi connectivity index (χ1n) is 16.3. The van der Waals surface area contributed by atoms with E-state index in [1.54, 1.807) is 0 Å². The average molecular weight is 713 g/mol. The van der Waals surface area contributed by atoms with Crippen LogP contribution in [0.3, 0.4) is 0 Å². The second-order valence-electron chi connectivity index (χ2n) is 13.6. The van der Waals surface area contributed by atoms with Gasteiger partial charge in [0, 0.05) is 17.5 Å². The molecular weight excluding hydrogens is 667 g/mol. The first-order valence-corrected chi connectivity index (χ1v) is 23.1. The quantitative estimate of drug-likeness (QED) is 0.0567. The number of carbonyl (C=O) groups excluding carboxylic acids is 2. The van der Waals surface area contributed by atoms with Gasteiger partial charge in [-0.25, -0.2) is 9.59 Å². The zero-order valence-electron chi connectivity index (χ0n) is 28.7. The highest BCUT2D eigenvalue weighted by Gasteiger charge is 2.52. The molecule has 4 N–H and O–H groups in total. The molecule has 1 saturated heterocycles. The summed E-state index contributed by atoms with van der Waals surface area (Å²) in [6, 6.07) is 18.2. The van der Waals surface area contributed by atoms with E-state index in [1.165, 1.54) is 84.9 Å². The van der Waals surface area contributed by atoms with Gasteiger partial charge in [0.15, 0.2) is 7.83 Å². The van der Waals surface area contributed by atoms with Crippen LogP contribution in [0.2, 0.25) is 31.7 Å². The van der Waals surface area contributed by atoms with E-state index in [0.717, 1.165) is 18.9 Å². The van der Waals surface area contributed by atoms with E-state index in [0.29, 0.717) is 29.3 Å². The Kier molecular flexibility index (Phi) is 11.9. The molecule has 1 aliphatic heterocycles. The van der Waals surface area contributed by atoms with Gasteiger partial charge < -0.3 is 34.8 Å². The van der Waals surface area contributed by atoms with Crippen molar-refractivity contribution in [2.24, 2.45) is 0 Å². The fraction of sp³-hybridized carbons (Fsp3) is 0.389. The fourth-order valence-corrected chi connectivity index (χ4v) is 17.1. The summed E-state index contributed by atoms with van der Waals surface area (Å²) in [5, 5.41) is 0. The first kappa shape index (κ1) is 37.6. The van der Waals surface area contributed by atoms with Crippen molar-refractivity contribution in [3.8, 4) is 11.5 Å². The van der Waals surface area contributed by atoms with Crippen LogP contribution in [-0.4, -0.2) is 52.8 Å². The van der Waals surface area contributed by atoms with Crippen molar-refractivity contribution in [3.63, 3.8) is 0 Å². The third kappa shape index (κ3) is 10.6. The number of nitrogens with two attached hydrogens (primary N) is 2. The minimum atomic E-state index is -3.58. The minimum absolute atomic E-state index is 0.0371. The predicted octanol–water partition coefficient (Wildman–Crippen LogP) is 7.72. The van der Waals surface area contributed by atoms with Gasteiger partial charge in [0.2, 0.25) is 0 Å². The summed E-state index contributed by atoms with van der Waals surface area (Å²) < 4.78 is 57.5. The Labute approximate surface area is 288 Å². The number of carbonyl (C=O) groups is 2. The Hall–Kier alpha value is -4.21. The second kappa shape index (κ2) is 15.6. The van der Waals surface area contributed by atoms with Crippen LogP contribution in [0.15, 0.2) is 72.8 Å². The van der Waals surface area contributed by atoms with E-state index in [1.807, 2.05) is 0 Å². The molecular formula is C36H46F2N2O7Si2. The highest BCUT2D eigenvalue weighted by molar-refractivity contribution is 7.38. The molecule has 1 fully saturated rings. The van der Waals surface area contributed by atoms with Gasteiger partial charge >= 0.3 is 18.0 Å². The average Bonchev–Trinajstić information content (AvgIpc) is 3.02. The Morgan fingerprint density at radius 1 is 0.898 bits per heavy atom. The summed E-state index contributed by atoms with van der Waals surface area (Å²) in [7, 11) is -3.27. The Morgan fingerprint density at radius 3 is 2.14 bits per heavy atom. The molecule has 264 valence electrons. The van der Waals surface area contributed by atoms with E-state index >= 15 is 0 Å². The third-order valence-electron chi connectivity index (χ3n) is 8.91. The lowest BCUT2D eigenvalue weighted by atomic mass is 10.1. The number of hydrogen-bond donors (Lipinski definition) is 2. The molecule has 0 saturated carbocycles. The van der Waals surface area contributed by atoms with Gasteiger partial charge in [0.05, 0.1) is 30.9 Å². The van der Waals surface area contributed by atoms with Crippen LogP contribution in [0.5, 0.6) is 11.5 Å². The van der Waals surface area contributed by atoms with Crippen molar-refractivity contribution in [2.45, 2.75) is 70.1 Å². The molecule has 49 heavy (non-hydrogen) atoms. The molecule has 3 aromatic carbocycles. The number of benzene rings is 3. The zero-order valence-corrected chi connectivity index (χ0v) is 30.7. The van der Waals surface area contributed by atoms with Crippen LogP contribution in [0.25, 0.3) is 6.08 Å². The maximum absolute atomic E-state index is 15.0. The summed E-state index contributed by atoms with van der Waals surface area (Å²) in [6.45, 7) is 11.7. The van der Waals surface area contributed by atoms with E-state index in [-0.39, 0.29) is 35.7 Å². The highest BCUT2D eigenvalue weighted by Crippen LogP contribution is 2.41. The van der Waals surface area contributed by atoms with Gasteiger partial charge in [0.1, 0.15) is 24.7 Å². The number of alkyl halides is 2. The van der Waals surface area contributed by atoms with Crippen molar-refractivity contribution in [3.05, 3.63) is 89.5 Å². The van der Waals surface area contributed by atoms with Crippen molar-refractivity contribution in [2.75, 3.05) is 31.3 Å². The molecule has 9 nitrogen and oxygen atoms in total. The molecule has 0 amide bonds. The summed E-state index contributed by atoms with van der Waals surface area (Å²) in [4.78, 5) is 24.1. The molecule has 0 aliphatic carbocycles. The van der Waals surface area contributed by atoms with E-state index < -0.39 is 33.5 Å². The van der Waals surface area contributed by atoms with Gasteiger partial charge in [-0.2, -0.15) is 8.78 Å². The summed E-state index contributed by atoms with van der Waals surface area (Å²) in [5.74, 6) is -0.842. The van der Waals surface area contributed by atoms with Crippen LogP contribution in [0.4, 0.5) is 20.2 Å². The monoisotopic (exact) mass is 712 g/mol. The molecule has 1 atom stereocenters. The topological polar surface area (TPSA) is 132 Å². The van der Waals surface area contributed by atoms with E-state index in [4.69, 9.17) is 34.8 Å². The molecule has 0 aromatic heterocycles. The second-order valence-corrected chi connectivity index (χ2v) is 28.2. The molecule has 1 aliphatic rings. The summed E-state index contributed by atoms with van der Waals surface area (Å²) in [5.41, 5.74) is 12.4. The number of halogens is 2. The maximum Gasteiger partial charge on any atom is 0.426 e. The lowest BCUT2D eigenvalue weighted by Crippen LogP contribution is -2.65. The van der Waals surface area contributed by atoms with Crippen molar-refractivity contribution < 1.29 is 41.7 Å². The SMILES string of the molecule is CC1(C)CC[Si](C)(CCCOc2ccc(C(F)(F)Oc3ccc(C=CC(=O)OCCOC(=O)c4cc(N)cc(N)c4)cc3)cc2)[Si](C)(C)O1. The number of esters is 2. The van der Waals surface area contributed by atoms with Crippen molar-refractivity contribution in [1.29, 1.82) is 0 Å². The normalized spacial score (nSPS) is 18.5. The van der Waals surface area contributed by atoms with Crippen LogP contribution >= 0.6 is 0 Å². The van der Waals surface area contributed by atoms with Gasteiger partial charge in [-0.1, -0.05) is 30.8 Å². The molecule has 0 radical (unpaired) electrons. The fourth-order valence-electron chi connectivity index (χ4n) is 5.79. The van der Waals surface area contributed by atoms with Crippen LogP contribution < -0.4 is 20.9 Å². The molecule has 1 unspecified atom stereocenters. The Balaban J connectivity index is 1.18. The van der Waals surface area contributed by atoms with Crippen LogP contribution in [-0.2, 0) is 24.8 Å². The predicted molar refractivity (Wildman–Crippen MR) is 192 cm³/mol. The first-order chi connectivity index (χ1) is 23.0. The standard InChI is InChI=1S/C36H46F2N2O7Si2/c1-35(2)17-22-49(5,48(3,4)47-35)21-6-18-43-31-14-10-28(11-15-31)36(37,38)46-32-12-7-26(8-13-32)9-16-33(41)44-19-20-45-34(42)27-23-29(39)25-30(40)24-27/h7-16,23-25H,6,17-22,39-40H2,1-5H3. The summed E-state index contributed by atoms with van der Waals surface area (Å²) >= 11 is 0. The molecule has 1 heterocycles.